The molecule has 0 bridgehead atoms. The third-order valence-electron chi connectivity index (χ3n) is 5.06. The van der Waals surface area contributed by atoms with Gasteiger partial charge in [-0.2, -0.15) is 0 Å². The van der Waals surface area contributed by atoms with Gasteiger partial charge in [-0.25, -0.2) is 4.39 Å². The SMILES string of the molecule is CCN(Cc1ccccc1)C(=O)[C@@H]1CC(=O)N(CCc2ccc(F)cc2)C1. The van der Waals surface area contributed by atoms with Crippen molar-refractivity contribution in [2.45, 2.75) is 26.3 Å². The van der Waals surface area contributed by atoms with Crippen molar-refractivity contribution < 1.29 is 14.0 Å². The van der Waals surface area contributed by atoms with Crippen LogP contribution in [0.1, 0.15) is 24.5 Å². The number of carbonyl (C=O) groups excluding carboxylic acids is 2. The van der Waals surface area contributed by atoms with Gasteiger partial charge in [-0.3, -0.25) is 9.59 Å². The summed E-state index contributed by atoms with van der Waals surface area (Å²) >= 11 is 0. The van der Waals surface area contributed by atoms with Crippen molar-refractivity contribution >= 4 is 11.8 Å². The van der Waals surface area contributed by atoms with E-state index in [2.05, 4.69) is 0 Å². The Bertz CT molecular complexity index is 777. The molecule has 1 aliphatic heterocycles. The number of benzene rings is 2. The first kappa shape index (κ1) is 19.1. The fraction of sp³-hybridized carbons (Fsp3) is 0.364. The molecule has 1 saturated heterocycles. The first-order valence-corrected chi connectivity index (χ1v) is 9.41. The molecule has 1 heterocycles. The van der Waals surface area contributed by atoms with Gasteiger partial charge in [-0.15, -0.1) is 0 Å². The molecule has 0 saturated carbocycles. The summed E-state index contributed by atoms with van der Waals surface area (Å²) in [4.78, 5) is 28.8. The summed E-state index contributed by atoms with van der Waals surface area (Å²) < 4.78 is 13.0. The molecule has 3 rings (SSSR count). The van der Waals surface area contributed by atoms with Crippen LogP contribution in [0.15, 0.2) is 54.6 Å². The number of rotatable bonds is 7. The number of nitrogens with zero attached hydrogens (tertiary/aromatic N) is 2. The van der Waals surface area contributed by atoms with E-state index < -0.39 is 0 Å². The Labute approximate surface area is 159 Å². The van der Waals surface area contributed by atoms with Crippen LogP contribution < -0.4 is 0 Å². The highest BCUT2D eigenvalue weighted by atomic mass is 19.1. The Morgan fingerprint density at radius 2 is 1.81 bits per heavy atom. The summed E-state index contributed by atoms with van der Waals surface area (Å²) in [6.07, 6.45) is 0.933. The van der Waals surface area contributed by atoms with Crippen molar-refractivity contribution in [3.8, 4) is 0 Å². The van der Waals surface area contributed by atoms with Crippen LogP contribution in [0.2, 0.25) is 0 Å². The fourth-order valence-electron chi connectivity index (χ4n) is 3.48. The van der Waals surface area contributed by atoms with Crippen LogP contribution in [0, 0.1) is 11.7 Å². The number of halogens is 1. The summed E-state index contributed by atoms with van der Waals surface area (Å²) in [7, 11) is 0. The summed E-state index contributed by atoms with van der Waals surface area (Å²) in [5.74, 6) is -0.487. The lowest BCUT2D eigenvalue weighted by molar-refractivity contribution is -0.136. The molecule has 0 aromatic heterocycles. The Morgan fingerprint density at radius 3 is 2.48 bits per heavy atom. The van der Waals surface area contributed by atoms with Gasteiger partial charge in [0.1, 0.15) is 5.82 Å². The van der Waals surface area contributed by atoms with Gasteiger partial charge in [0.25, 0.3) is 0 Å². The van der Waals surface area contributed by atoms with Crippen molar-refractivity contribution in [2.24, 2.45) is 5.92 Å². The van der Waals surface area contributed by atoms with E-state index >= 15 is 0 Å². The van der Waals surface area contributed by atoms with Gasteiger partial charge in [-0.05, 0) is 36.6 Å². The van der Waals surface area contributed by atoms with Crippen LogP contribution in [0.4, 0.5) is 4.39 Å². The van der Waals surface area contributed by atoms with Gasteiger partial charge in [-0.1, -0.05) is 42.5 Å². The molecule has 1 aliphatic rings. The normalized spacial score (nSPS) is 16.6. The molecule has 4 nitrogen and oxygen atoms in total. The lowest BCUT2D eigenvalue weighted by Gasteiger charge is -2.24. The standard InChI is InChI=1S/C22H25FN2O2/c1-2-24(15-18-6-4-3-5-7-18)22(27)19-14-21(26)25(16-19)13-12-17-8-10-20(23)11-9-17/h3-11,19H,2,12-16H2,1H3/t19-/m1/s1. The maximum absolute atomic E-state index is 13.0. The summed E-state index contributed by atoms with van der Waals surface area (Å²) in [5.41, 5.74) is 2.07. The zero-order valence-electron chi connectivity index (χ0n) is 15.6. The zero-order valence-corrected chi connectivity index (χ0v) is 15.6. The molecule has 2 aromatic rings. The summed E-state index contributed by atoms with van der Waals surface area (Å²) in [5, 5.41) is 0. The van der Waals surface area contributed by atoms with E-state index in [4.69, 9.17) is 0 Å². The minimum Gasteiger partial charge on any atom is -0.342 e. The van der Waals surface area contributed by atoms with Crippen molar-refractivity contribution in [1.29, 1.82) is 0 Å². The quantitative estimate of drug-likeness (QED) is 0.753. The number of amides is 2. The van der Waals surface area contributed by atoms with Crippen LogP contribution in [-0.4, -0.2) is 41.2 Å². The summed E-state index contributed by atoms with van der Waals surface area (Å²) in [6, 6.07) is 16.2. The molecule has 0 spiro atoms. The molecular weight excluding hydrogens is 343 g/mol. The number of hydrogen-bond donors (Lipinski definition) is 0. The van der Waals surface area contributed by atoms with E-state index in [0.717, 1.165) is 11.1 Å². The molecule has 2 amide bonds. The first-order valence-electron chi connectivity index (χ1n) is 9.41. The molecule has 0 radical (unpaired) electrons. The van der Waals surface area contributed by atoms with Gasteiger partial charge >= 0.3 is 0 Å². The molecule has 1 fully saturated rings. The Hall–Kier alpha value is -2.69. The third kappa shape index (κ3) is 4.94. The monoisotopic (exact) mass is 368 g/mol. The highest BCUT2D eigenvalue weighted by Gasteiger charge is 2.35. The molecule has 142 valence electrons. The maximum atomic E-state index is 13.0. The van der Waals surface area contributed by atoms with Gasteiger partial charge < -0.3 is 9.80 Å². The molecule has 5 heteroatoms. The van der Waals surface area contributed by atoms with Crippen molar-refractivity contribution in [2.75, 3.05) is 19.6 Å². The smallest absolute Gasteiger partial charge is 0.228 e. The predicted octanol–water partition coefficient (Wildman–Crippen LogP) is 3.27. The van der Waals surface area contributed by atoms with Crippen molar-refractivity contribution in [3.05, 3.63) is 71.5 Å². The third-order valence-corrected chi connectivity index (χ3v) is 5.06. The minimum atomic E-state index is -0.283. The largest absolute Gasteiger partial charge is 0.342 e. The molecule has 0 unspecified atom stereocenters. The summed E-state index contributed by atoms with van der Waals surface area (Å²) in [6.45, 7) is 4.16. The van der Waals surface area contributed by atoms with E-state index in [1.807, 2.05) is 42.2 Å². The molecule has 0 N–H and O–H groups in total. The topological polar surface area (TPSA) is 40.6 Å². The van der Waals surface area contributed by atoms with Gasteiger partial charge in [0.15, 0.2) is 0 Å². The second kappa shape index (κ2) is 8.80. The predicted molar refractivity (Wildman–Crippen MR) is 102 cm³/mol. The average molecular weight is 368 g/mol. The average Bonchev–Trinajstić information content (AvgIpc) is 3.06. The van der Waals surface area contributed by atoms with Crippen LogP contribution in [0.3, 0.4) is 0 Å². The first-order chi connectivity index (χ1) is 13.1. The van der Waals surface area contributed by atoms with Crippen LogP contribution in [0.25, 0.3) is 0 Å². The van der Waals surface area contributed by atoms with Gasteiger partial charge in [0.05, 0.1) is 5.92 Å². The van der Waals surface area contributed by atoms with Crippen LogP contribution >= 0.6 is 0 Å². The molecular formula is C22H25FN2O2. The van der Waals surface area contributed by atoms with Crippen molar-refractivity contribution in [3.63, 3.8) is 0 Å². The fourth-order valence-corrected chi connectivity index (χ4v) is 3.48. The van der Waals surface area contributed by atoms with Crippen molar-refractivity contribution in [1.82, 2.24) is 9.80 Å². The van der Waals surface area contributed by atoms with Crippen LogP contribution in [-0.2, 0) is 22.6 Å². The molecule has 2 aromatic carbocycles. The van der Waals surface area contributed by atoms with Gasteiger partial charge in [0, 0.05) is 32.6 Å². The number of carbonyl (C=O) groups is 2. The Balaban J connectivity index is 1.56. The zero-order chi connectivity index (χ0) is 19.2. The maximum Gasteiger partial charge on any atom is 0.228 e. The lowest BCUT2D eigenvalue weighted by atomic mass is 10.1. The van der Waals surface area contributed by atoms with E-state index in [-0.39, 0.29) is 30.0 Å². The van der Waals surface area contributed by atoms with E-state index in [1.165, 1.54) is 12.1 Å². The van der Waals surface area contributed by atoms with E-state index in [9.17, 15) is 14.0 Å². The van der Waals surface area contributed by atoms with E-state index in [0.29, 0.717) is 32.6 Å². The number of likely N-dealkylation sites (tertiary alicyclic amines) is 1. The Morgan fingerprint density at radius 1 is 1.11 bits per heavy atom. The second-order valence-corrected chi connectivity index (χ2v) is 6.96. The lowest BCUT2D eigenvalue weighted by Crippen LogP contribution is -2.37. The highest BCUT2D eigenvalue weighted by molar-refractivity contribution is 5.89. The molecule has 27 heavy (non-hydrogen) atoms. The Kier molecular flexibility index (Phi) is 6.22. The molecule has 0 aliphatic carbocycles. The highest BCUT2D eigenvalue weighted by Crippen LogP contribution is 2.21. The molecule has 1 atom stereocenters. The minimum absolute atomic E-state index is 0.0197. The number of hydrogen-bond acceptors (Lipinski definition) is 2. The van der Waals surface area contributed by atoms with Crippen LogP contribution in [0.5, 0.6) is 0 Å². The second-order valence-electron chi connectivity index (χ2n) is 6.96. The van der Waals surface area contributed by atoms with E-state index in [1.54, 1.807) is 17.0 Å². The van der Waals surface area contributed by atoms with Gasteiger partial charge in [0.2, 0.25) is 11.8 Å².